The standard InChI is InChI=1S/C12H15F3N2O3/c1-20-9-4-5-10(11(8-9)17(18)19)16-7-3-2-6-12(13,14)15/h4-5,8,16H,2-3,6-7H2,1H3. The Morgan fingerprint density at radius 3 is 2.60 bits per heavy atom. The summed E-state index contributed by atoms with van der Waals surface area (Å²) in [6, 6.07) is 4.28. The summed E-state index contributed by atoms with van der Waals surface area (Å²) in [5.41, 5.74) is 0.1000. The zero-order valence-electron chi connectivity index (χ0n) is 10.9. The Morgan fingerprint density at radius 1 is 1.35 bits per heavy atom. The molecule has 0 aliphatic heterocycles. The summed E-state index contributed by atoms with van der Waals surface area (Å²) in [4.78, 5) is 10.3. The highest BCUT2D eigenvalue weighted by atomic mass is 19.4. The van der Waals surface area contributed by atoms with Gasteiger partial charge in [-0.2, -0.15) is 13.2 Å². The van der Waals surface area contributed by atoms with Crippen LogP contribution in [0, 0.1) is 10.1 Å². The van der Waals surface area contributed by atoms with Crippen molar-refractivity contribution in [2.45, 2.75) is 25.4 Å². The fourth-order valence-electron chi connectivity index (χ4n) is 1.61. The Labute approximate surface area is 113 Å². The Morgan fingerprint density at radius 2 is 2.05 bits per heavy atom. The molecule has 0 bridgehead atoms. The lowest BCUT2D eigenvalue weighted by Crippen LogP contribution is -2.09. The molecule has 20 heavy (non-hydrogen) atoms. The predicted molar refractivity (Wildman–Crippen MR) is 68.0 cm³/mol. The molecule has 112 valence electrons. The molecule has 0 unspecified atom stereocenters. The molecule has 0 saturated carbocycles. The highest BCUT2D eigenvalue weighted by Gasteiger charge is 2.25. The average molecular weight is 292 g/mol. The van der Waals surface area contributed by atoms with E-state index in [1.54, 1.807) is 6.07 Å². The number of nitrogens with one attached hydrogen (secondary N) is 1. The van der Waals surface area contributed by atoms with E-state index < -0.39 is 17.5 Å². The Hall–Kier alpha value is -1.99. The second-order valence-corrected chi connectivity index (χ2v) is 4.14. The Balaban J connectivity index is 2.53. The van der Waals surface area contributed by atoms with E-state index in [2.05, 4.69) is 5.32 Å². The zero-order valence-corrected chi connectivity index (χ0v) is 10.9. The molecule has 0 fully saturated rings. The molecular weight excluding hydrogens is 277 g/mol. The van der Waals surface area contributed by atoms with Crippen LogP contribution in [-0.2, 0) is 0 Å². The number of benzene rings is 1. The van der Waals surface area contributed by atoms with Crippen LogP contribution in [-0.4, -0.2) is 24.8 Å². The summed E-state index contributed by atoms with van der Waals surface area (Å²) in [7, 11) is 1.39. The molecule has 0 aromatic heterocycles. The van der Waals surface area contributed by atoms with Crippen LogP contribution < -0.4 is 10.1 Å². The SMILES string of the molecule is COc1ccc(NCCCCC(F)(F)F)c([N+](=O)[O-])c1. The number of hydrogen-bond acceptors (Lipinski definition) is 4. The molecule has 0 aliphatic carbocycles. The van der Waals surface area contributed by atoms with Crippen LogP contribution >= 0.6 is 0 Å². The Kier molecular flexibility index (Phi) is 5.60. The third-order valence-corrected chi connectivity index (χ3v) is 2.60. The molecule has 0 saturated heterocycles. The van der Waals surface area contributed by atoms with Gasteiger partial charge < -0.3 is 10.1 Å². The van der Waals surface area contributed by atoms with E-state index in [0.29, 0.717) is 5.75 Å². The maximum absolute atomic E-state index is 11.9. The van der Waals surface area contributed by atoms with Crippen molar-refractivity contribution in [1.29, 1.82) is 0 Å². The smallest absolute Gasteiger partial charge is 0.389 e. The van der Waals surface area contributed by atoms with Crippen molar-refractivity contribution in [2.24, 2.45) is 0 Å². The molecule has 0 atom stereocenters. The Bertz CT molecular complexity index is 464. The summed E-state index contributed by atoms with van der Waals surface area (Å²) >= 11 is 0. The average Bonchev–Trinajstić information content (AvgIpc) is 2.37. The monoisotopic (exact) mass is 292 g/mol. The van der Waals surface area contributed by atoms with Gasteiger partial charge in [0, 0.05) is 13.0 Å². The molecule has 0 heterocycles. The molecule has 1 rings (SSSR count). The summed E-state index contributed by atoms with van der Waals surface area (Å²) < 4.78 is 40.7. The van der Waals surface area contributed by atoms with Crippen LogP contribution in [0.5, 0.6) is 5.75 Å². The van der Waals surface area contributed by atoms with Gasteiger partial charge in [-0.3, -0.25) is 10.1 Å². The van der Waals surface area contributed by atoms with Gasteiger partial charge in [-0.25, -0.2) is 0 Å². The van der Waals surface area contributed by atoms with Crippen molar-refractivity contribution in [3.05, 3.63) is 28.3 Å². The highest BCUT2D eigenvalue weighted by molar-refractivity contribution is 5.63. The fraction of sp³-hybridized carbons (Fsp3) is 0.500. The predicted octanol–water partition coefficient (Wildman–Crippen LogP) is 3.75. The van der Waals surface area contributed by atoms with Crippen LogP contribution in [0.25, 0.3) is 0 Å². The van der Waals surface area contributed by atoms with Crippen LogP contribution in [0.15, 0.2) is 18.2 Å². The van der Waals surface area contributed by atoms with E-state index in [-0.39, 0.29) is 30.8 Å². The number of halogens is 3. The third-order valence-electron chi connectivity index (χ3n) is 2.60. The van der Waals surface area contributed by atoms with E-state index in [4.69, 9.17) is 4.74 Å². The largest absolute Gasteiger partial charge is 0.496 e. The van der Waals surface area contributed by atoms with Gasteiger partial charge in [0.2, 0.25) is 0 Å². The number of methoxy groups -OCH3 is 1. The van der Waals surface area contributed by atoms with Crippen molar-refractivity contribution < 1.29 is 22.8 Å². The van der Waals surface area contributed by atoms with Crippen molar-refractivity contribution in [3.8, 4) is 5.75 Å². The number of unbranched alkanes of at least 4 members (excludes halogenated alkanes) is 1. The molecule has 8 heteroatoms. The number of hydrogen-bond donors (Lipinski definition) is 1. The first-order valence-electron chi connectivity index (χ1n) is 5.96. The first-order valence-corrected chi connectivity index (χ1v) is 5.96. The summed E-state index contributed by atoms with van der Waals surface area (Å²) in [5.74, 6) is 0.347. The second kappa shape index (κ2) is 6.97. The summed E-state index contributed by atoms with van der Waals surface area (Å²) in [6.07, 6.45) is -4.74. The minimum atomic E-state index is -4.16. The quantitative estimate of drug-likeness (QED) is 0.472. The van der Waals surface area contributed by atoms with Gasteiger partial charge >= 0.3 is 6.18 Å². The van der Waals surface area contributed by atoms with Crippen LogP contribution in [0.4, 0.5) is 24.5 Å². The van der Waals surface area contributed by atoms with Gasteiger partial charge in [-0.05, 0) is 25.0 Å². The first kappa shape index (κ1) is 16.1. The minimum Gasteiger partial charge on any atom is -0.496 e. The van der Waals surface area contributed by atoms with Gasteiger partial charge in [0.25, 0.3) is 5.69 Å². The number of nitrogens with zero attached hydrogens (tertiary/aromatic N) is 1. The molecule has 1 aromatic carbocycles. The number of nitro benzene ring substituents is 1. The third kappa shape index (κ3) is 5.33. The van der Waals surface area contributed by atoms with E-state index in [1.807, 2.05) is 0 Å². The maximum atomic E-state index is 11.9. The molecule has 0 aliphatic rings. The molecule has 0 radical (unpaired) electrons. The lowest BCUT2D eigenvalue weighted by Gasteiger charge is -2.09. The van der Waals surface area contributed by atoms with Crippen LogP contribution in [0.2, 0.25) is 0 Å². The van der Waals surface area contributed by atoms with E-state index >= 15 is 0 Å². The van der Waals surface area contributed by atoms with Crippen LogP contribution in [0.1, 0.15) is 19.3 Å². The molecule has 0 spiro atoms. The van der Waals surface area contributed by atoms with Crippen molar-refractivity contribution >= 4 is 11.4 Å². The van der Waals surface area contributed by atoms with E-state index in [9.17, 15) is 23.3 Å². The highest BCUT2D eigenvalue weighted by Crippen LogP contribution is 2.29. The minimum absolute atomic E-state index is 0.0134. The lowest BCUT2D eigenvalue weighted by molar-refractivity contribution is -0.384. The van der Waals surface area contributed by atoms with Crippen molar-refractivity contribution in [3.63, 3.8) is 0 Å². The summed E-state index contributed by atoms with van der Waals surface area (Å²) in [6.45, 7) is 0.239. The zero-order chi connectivity index (χ0) is 15.2. The van der Waals surface area contributed by atoms with Gasteiger partial charge in [-0.15, -0.1) is 0 Å². The normalized spacial score (nSPS) is 11.2. The molecule has 5 nitrogen and oxygen atoms in total. The number of alkyl halides is 3. The maximum Gasteiger partial charge on any atom is 0.389 e. The van der Waals surface area contributed by atoms with Crippen LogP contribution in [0.3, 0.4) is 0 Å². The molecule has 0 amide bonds. The van der Waals surface area contributed by atoms with Gasteiger partial charge in [0.05, 0.1) is 18.1 Å². The molecular formula is C12H15F3N2O3. The van der Waals surface area contributed by atoms with Gasteiger partial charge in [0.1, 0.15) is 11.4 Å². The van der Waals surface area contributed by atoms with Crippen molar-refractivity contribution in [2.75, 3.05) is 19.0 Å². The number of ether oxygens (including phenoxy) is 1. The van der Waals surface area contributed by atoms with E-state index in [1.165, 1.54) is 19.2 Å². The van der Waals surface area contributed by atoms with Gasteiger partial charge in [-0.1, -0.05) is 0 Å². The van der Waals surface area contributed by atoms with E-state index in [0.717, 1.165) is 0 Å². The van der Waals surface area contributed by atoms with Gasteiger partial charge in [0.15, 0.2) is 0 Å². The lowest BCUT2D eigenvalue weighted by atomic mass is 10.2. The fourth-order valence-corrected chi connectivity index (χ4v) is 1.61. The first-order chi connectivity index (χ1) is 9.33. The molecule has 1 N–H and O–H groups in total. The number of nitro groups is 1. The topological polar surface area (TPSA) is 64.4 Å². The number of anilines is 1. The second-order valence-electron chi connectivity index (χ2n) is 4.14. The van der Waals surface area contributed by atoms with Crippen molar-refractivity contribution in [1.82, 2.24) is 0 Å². The number of rotatable bonds is 7. The summed E-state index contributed by atoms with van der Waals surface area (Å²) in [5, 5.41) is 13.6. The molecule has 1 aromatic rings.